The topological polar surface area (TPSA) is 44.8 Å². The Balaban J connectivity index is 2.39. The Labute approximate surface area is 114 Å². The number of carbonyl (C=O) groups is 1. The van der Waals surface area contributed by atoms with E-state index in [0.717, 1.165) is 6.42 Å². The third-order valence-electron chi connectivity index (χ3n) is 3.03. The molecule has 0 atom stereocenters. The number of ether oxygens (including phenoxy) is 3. The molecule has 106 valence electrons. The number of rotatable bonds is 8. The van der Waals surface area contributed by atoms with Gasteiger partial charge >= 0.3 is 0 Å². The van der Waals surface area contributed by atoms with E-state index >= 15 is 0 Å². The first kappa shape index (κ1) is 15.7. The minimum absolute atomic E-state index is 0.0471. The van der Waals surface area contributed by atoms with Crippen molar-refractivity contribution >= 4 is 5.78 Å². The molecule has 0 radical (unpaired) electrons. The van der Waals surface area contributed by atoms with Crippen molar-refractivity contribution in [3.8, 4) is 5.75 Å². The van der Waals surface area contributed by atoms with Gasteiger partial charge < -0.3 is 14.2 Å². The van der Waals surface area contributed by atoms with Crippen molar-refractivity contribution in [2.75, 3.05) is 27.4 Å². The molecule has 0 saturated heterocycles. The van der Waals surface area contributed by atoms with Crippen molar-refractivity contribution < 1.29 is 19.0 Å². The second-order valence-corrected chi connectivity index (χ2v) is 4.92. The molecule has 0 fully saturated rings. The van der Waals surface area contributed by atoms with Gasteiger partial charge in [-0.3, -0.25) is 4.79 Å². The predicted octanol–water partition coefficient (Wildman–Crippen LogP) is 2.71. The lowest BCUT2D eigenvalue weighted by Crippen LogP contribution is -2.25. The van der Waals surface area contributed by atoms with Crippen molar-refractivity contribution in [1.29, 1.82) is 0 Å². The molecule has 0 amide bonds. The average Bonchev–Trinajstić information content (AvgIpc) is 2.43. The summed E-state index contributed by atoms with van der Waals surface area (Å²) in [5.74, 6) is 0.625. The molecule has 4 heteroatoms. The Morgan fingerprint density at radius 3 is 2.63 bits per heavy atom. The van der Waals surface area contributed by atoms with Crippen molar-refractivity contribution in [2.24, 2.45) is 0 Å². The van der Waals surface area contributed by atoms with Crippen LogP contribution in [-0.4, -0.2) is 38.8 Å². The highest BCUT2D eigenvalue weighted by molar-refractivity contribution is 5.97. The van der Waals surface area contributed by atoms with E-state index in [1.807, 2.05) is 13.8 Å². The Kier molecular flexibility index (Phi) is 5.99. The summed E-state index contributed by atoms with van der Waals surface area (Å²) in [6, 6.07) is 7.07. The molecule has 0 aliphatic heterocycles. The third-order valence-corrected chi connectivity index (χ3v) is 3.03. The zero-order valence-corrected chi connectivity index (χ0v) is 12.1. The van der Waals surface area contributed by atoms with Crippen LogP contribution in [0, 0.1) is 0 Å². The monoisotopic (exact) mass is 266 g/mol. The van der Waals surface area contributed by atoms with Crippen LogP contribution in [0.4, 0.5) is 0 Å². The van der Waals surface area contributed by atoms with Gasteiger partial charge in [0.2, 0.25) is 0 Å². The minimum Gasteiger partial charge on any atom is -0.497 e. The van der Waals surface area contributed by atoms with Gasteiger partial charge in [0.1, 0.15) is 12.4 Å². The summed E-state index contributed by atoms with van der Waals surface area (Å²) in [4.78, 5) is 11.9. The lowest BCUT2D eigenvalue weighted by molar-refractivity contribution is -0.00837. The van der Waals surface area contributed by atoms with Gasteiger partial charge in [-0.1, -0.05) is 12.1 Å². The zero-order valence-electron chi connectivity index (χ0n) is 12.1. The predicted molar refractivity (Wildman–Crippen MR) is 73.8 cm³/mol. The smallest absolute Gasteiger partial charge is 0.188 e. The summed E-state index contributed by atoms with van der Waals surface area (Å²) in [5, 5.41) is 0. The zero-order chi connectivity index (χ0) is 14.3. The summed E-state index contributed by atoms with van der Waals surface area (Å²) in [6.45, 7) is 4.55. The quantitative estimate of drug-likeness (QED) is 0.536. The Bertz CT molecular complexity index is 412. The van der Waals surface area contributed by atoms with Crippen LogP contribution in [-0.2, 0) is 9.47 Å². The molecular formula is C15H22O4. The van der Waals surface area contributed by atoms with Crippen LogP contribution in [0.5, 0.6) is 5.75 Å². The van der Waals surface area contributed by atoms with Crippen LogP contribution in [0.1, 0.15) is 30.6 Å². The molecule has 0 spiro atoms. The van der Waals surface area contributed by atoms with Gasteiger partial charge in [0.05, 0.1) is 12.7 Å². The van der Waals surface area contributed by atoms with Crippen molar-refractivity contribution in [3.05, 3.63) is 29.8 Å². The number of hydrogen-bond acceptors (Lipinski definition) is 4. The number of benzene rings is 1. The lowest BCUT2D eigenvalue weighted by atomic mass is 10.1. The van der Waals surface area contributed by atoms with Gasteiger partial charge in [-0.05, 0) is 32.4 Å². The normalized spacial score (nSPS) is 11.4. The molecular weight excluding hydrogens is 244 g/mol. The summed E-state index contributed by atoms with van der Waals surface area (Å²) in [5.41, 5.74) is 0.379. The van der Waals surface area contributed by atoms with Crippen molar-refractivity contribution in [3.63, 3.8) is 0 Å². The van der Waals surface area contributed by atoms with E-state index in [1.54, 1.807) is 38.5 Å². The maximum atomic E-state index is 11.9. The first-order valence-corrected chi connectivity index (χ1v) is 6.28. The van der Waals surface area contributed by atoms with Gasteiger partial charge in [-0.25, -0.2) is 0 Å². The molecule has 19 heavy (non-hydrogen) atoms. The largest absolute Gasteiger partial charge is 0.497 e. The van der Waals surface area contributed by atoms with E-state index in [4.69, 9.17) is 14.2 Å². The maximum absolute atomic E-state index is 11.9. The molecule has 4 nitrogen and oxygen atoms in total. The van der Waals surface area contributed by atoms with E-state index in [1.165, 1.54) is 0 Å². The van der Waals surface area contributed by atoms with E-state index < -0.39 is 0 Å². The van der Waals surface area contributed by atoms with Crippen LogP contribution >= 0.6 is 0 Å². The summed E-state index contributed by atoms with van der Waals surface area (Å²) in [6.07, 6.45) is 0.745. The van der Waals surface area contributed by atoms with Crippen molar-refractivity contribution in [2.45, 2.75) is 25.9 Å². The minimum atomic E-state index is -0.223. The Morgan fingerprint density at radius 1 is 1.26 bits per heavy atom. The number of ketones is 1. The summed E-state index contributed by atoms with van der Waals surface area (Å²) in [7, 11) is 3.24. The summed E-state index contributed by atoms with van der Waals surface area (Å²) >= 11 is 0. The highest BCUT2D eigenvalue weighted by Gasteiger charge is 2.16. The number of carbonyl (C=O) groups excluding carboxylic acids is 1. The van der Waals surface area contributed by atoms with Crippen LogP contribution in [0.2, 0.25) is 0 Å². The molecule has 0 heterocycles. The average molecular weight is 266 g/mol. The number of methoxy groups -OCH3 is 2. The molecule has 0 aromatic heterocycles. The highest BCUT2D eigenvalue weighted by Crippen LogP contribution is 2.14. The van der Waals surface area contributed by atoms with Crippen LogP contribution in [0.15, 0.2) is 24.3 Å². The van der Waals surface area contributed by atoms with E-state index in [-0.39, 0.29) is 18.0 Å². The van der Waals surface area contributed by atoms with Gasteiger partial charge in [-0.2, -0.15) is 0 Å². The van der Waals surface area contributed by atoms with Gasteiger partial charge in [-0.15, -0.1) is 0 Å². The van der Waals surface area contributed by atoms with Gasteiger partial charge in [0, 0.05) is 19.3 Å². The Hall–Kier alpha value is -1.39. The van der Waals surface area contributed by atoms with Crippen LogP contribution in [0.25, 0.3) is 0 Å². The second-order valence-electron chi connectivity index (χ2n) is 4.92. The van der Waals surface area contributed by atoms with Crippen LogP contribution < -0.4 is 4.74 Å². The highest BCUT2D eigenvalue weighted by atomic mass is 16.5. The SMILES string of the molecule is COc1cccc(C(=O)COCCC(C)(C)OC)c1. The molecule has 1 rings (SSSR count). The lowest BCUT2D eigenvalue weighted by Gasteiger charge is -2.22. The second kappa shape index (κ2) is 7.26. The van der Waals surface area contributed by atoms with Crippen molar-refractivity contribution in [1.82, 2.24) is 0 Å². The molecule has 1 aromatic carbocycles. The first-order valence-electron chi connectivity index (χ1n) is 6.28. The fourth-order valence-electron chi connectivity index (χ4n) is 1.46. The Morgan fingerprint density at radius 2 is 2.00 bits per heavy atom. The molecule has 0 saturated carbocycles. The van der Waals surface area contributed by atoms with Crippen LogP contribution in [0.3, 0.4) is 0 Å². The summed E-state index contributed by atoms with van der Waals surface area (Å²) < 4.78 is 15.7. The molecule has 0 unspecified atom stereocenters. The van der Waals surface area contributed by atoms with Gasteiger partial charge in [0.25, 0.3) is 0 Å². The standard InChI is InChI=1S/C15H22O4/c1-15(2,18-4)8-9-19-11-14(16)12-6-5-7-13(10-12)17-3/h5-7,10H,8-9,11H2,1-4H3. The molecule has 0 N–H and O–H groups in total. The molecule has 0 aliphatic carbocycles. The fourth-order valence-corrected chi connectivity index (χ4v) is 1.46. The maximum Gasteiger partial charge on any atom is 0.188 e. The third kappa shape index (κ3) is 5.41. The van der Waals surface area contributed by atoms with Gasteiger partial charge in [0.15, 0.2) is 5.78 Å². The molecule has 1 aromatic rings. The van der Waals surface area contributed by atoms with E-state index in [2.05, 4.69) is 0 Å². The first-order chi connectivity index (χ1) is 8.98. The fraction of sp³-hybridized carbons (Fsp3) is 0.533. The number of Topliss-reactive ketones (excluding diaryl/α,β-unsaturated/α-hetero) is 1. The molecule has 0 bridgehead atoms. The van der Waals surface area contributed by atoms with E-state index in [9.17, 15) is 4.79 Å². The number of hydrogen-bond donors (Lipinski definition) is 0. The molecule has 0 aliphatic rings. The van der Waals surface area contributed by atoms with E-state index in [0.29, 0.717) is 17.9 Å².